The number of carbonyl (C=O) groups is 1. The molecule has 5 nitrogen and oxygen atoms in total. The number of amides is 1. The highest BCUT2D eigenvalue weighted by atomic mass is 127. The van der Waals surface area contributed by atoms with Crippen LogP contribution >= 0.6 is 35.7 Å². The topological polar surface area (TPSA) is 56.7 Å². The summed E-state index contributed by atoms with van der Waals surface area (Å²) in [7, 11) is 0. The van der Waals surface area contributed by atoms with Crippen LogP contribution in [0, 0.1) is 5.82 Å². The van der Waals surface area contributed by atoms with Crippen molar-refractivity contribution in [3.63, 3.8) is 0 Å². The molecule has 8 heteroatoms. The van der Waals surface area contributed by atoms with Gasteiger partial charge < -0.3 is 15.5 Å². The Balaban J connectivity index is 0.00000676. The minimum Gasteiger partial charge on any atom is -0.357 e. The van der Waals surface area contributed by atoms with Gasteiger partial charge in [-0.05, 0) is 50.3 Å². The first-order valence-electron chi connectivity index (χ1n) is 9.11. The molecule has 154 valence electrons. The lowest BCUT2D eigenvalue weighted by molar-refractivity contribution is -0.130. The first-order valence-corrected chi connectivity index (χ1v) is 10.5. The van der Waals surface area contributed by atoms with E-state index in [0.717, 1.165) is 36.5 Å². The van der Waals surface area contributed by atoms with Crippen LogP contribution in [0.3, 0.4) is 0 Å². The highest BCUT2D eigenvalue weighted by Crippen LogP contribution is 2.17. The molecule has 0 atom stereocenters. The van der Waals surface area contributed by atoms with Gasteiger partial charge in [0, 0.05) is 38.4 Å². The Labute approximate surface area is 184 Å². The molecule has 1 aromatic carbocycles. The summed E-state index contributed by atoms with van der Waals surface area (Å²) in [6, 6.07) is 4.83. The number of halogens is 2. The first-order chi connectivity index (χ1) is 12.5. The second-order valence-corrected chi connectivity index (χ2v) is 6.65. The van der Waals surface area contributed by atoms with Gasteiger partial charge in [0.25, 0.3) is 0 Å². The fourth-order valence-electron chi connectivity index (χ4n) is 2.57. The zero-order valence-electron chi connectivity index (χ0n) is 16.7. The maximum Gasteiger partial charge on any atom is 0.224 e. The van der Waals surface area contributed by atoms with Gasteiger partial charge in [-0.15, -0.1) is 24.0 Å². The number of hydrogen-bond donors (Lipinski definition) is 2. The summed E-state index contributed by atoms with van der Waals surface area (Å²) in [5.41, 5.74) is 1.98. The van der Waals surface area contributed by atoms with E-state index in [2.05, 4.69) is 15.6 Å². The highest BCUT2D eigenvalue weighted by Gasteiger charge is 2.09. The molecule has 0 aromatic heterocycles. The van der Waals surface area contributed by atoms with Crippen LogP contribution in [-0.4, -0.2) is 49.2 Å². The Bertz CT molecular complexity index is 597. The van der Waals surface area contributed by atoms with Crippen molar-refractivity contribution in [2.75, 3.05) is 32.4 Å². The van der Waals surface area contributed by atoms with Gasteiger partial charge in [-0.3, -0.25) is 4.79 Å². The van der Waals surface area contributed by atoms with Gasteiger partial charge in [0.05, 0.1) is 6.54 Å². The molecule has 0 spiro atoms. The summed E-state index contributed by atoms with van der Waals surface area (Å²) in [5.74, 6) is 1.34. The molecule has 1 aromatic rings. The summed E-state index contributed by atoms with van der Waals surface area (Å²) in [6.07, 6.45) is 2.43. The van der Waals surface area contributed by atoms with Crippen LogP contribution in [0.15, 0.2) is 23.2 Å². The molecule has 1 amide bonds. The fraction of sp³-hybridized carbons (Fsp3) is 0.579. The van der Waals surface area contributed by atoms with Gasteiger partial charge in [-0.25, -0.2) is 9.38 Å². The van der Waals surface area contributed by atoms with E-state index in [9.17, 15) is 9.18 Å². The highest BCUT2D eigenvalue weighted by molar-refractivity contribution is 14.0. The van der Waals surface area contributed by atoms with E-state index >= 15 is 0 Å². The normalized spacial score (nSPS) is 10.9. The van der Waals surface area contributed by atoms with Crippen LogP contribution in [0.25, 0.3) is 0 Å². The lowest BCUT2D eigenvalue weighted by Gasteiger charge is -2.19. The molecule has 0 bridgehead atoms. The van der Waals surface area contributed by atoms with Crippen molar-refractivity contribution in [3.8, 4) is 0 Å². The molecule has 0 unspecified atom stereocenters. The quantitative estimate of drug-likeness (QED) is 0.287. The van der Waals surface area contributed by atoms with Gasteiger partial charge in [0.15, 0.2) is 5.96 Å². The van der Waals surface area contributed by atoms with Gasteiger partial charge in [0.2, 0.25) is 5.91 Å². The molecule has 0 heterocycles. The number of benzene rings is 1. The van der Waals surface area contributed by atoms with Crippen molar-refractivity contribution in [3.05, 3.63) is 35.1 Å². The number of rotatable bonds is 10. The molecule has 0 radical (unpaired) electrons. The minimum atomic E-state index is -0.221. The third kappa shape index (κ3) is 9.64. The molecule has 27 heavy (non-hydrogen) atoms. The maximum atomic E-state index is 13.5. The molecule has 0 aliphatic carbocycles. The number of hydrogen-bond acceptors (Lipinski definition) is 3. The van der Waals surface area contributed by atoms with Crippen LogP contribution in [0.4, 0.5) is 4.39 Å². The lowest BCUT2D eigenvalue weighted by atomic mass is 10.1. The van der Waals surface area contributed by atoms with E-state index in [-0.39, 0.29) is 35.7 Å². The third-order valence-electron chi connectivity index (χ3n) is 3.97. The number of aliphatic imine (C=N–C) groups is 1. The van der Waals surface area contributed by atoms with E-state index < -0.39 is 0 Å². The average Bonchev–Trinajstić information content (AvgIpc) is 2.62. The van der Waals surface area contributed by atoms with Gasteiger partial charge in [-0.1, -0.05) is 6.07 Å². The van der Waals surface area contributed by atoms with Crippen LogP contribution in [0.2, 0.25) is 0 Å². The number of nitrogens with zero attached hydrogens (tertiary/aromatic N) is 2. The molecular weight excluding hydrogens is 478 g/mol. The smallest absolute Gasteiger partial charge is 0.224 e. The largest absolute Gasteiger partial charge is 0.357 e. The van der Waals surface area contributed by atoms with Crippen LogP contribution in [-0.2, 0) is 17.1 Å². The van der Waals surface area contributed by atoms with Crippen molar-refractivity contribution in [1.82, 2.24) is 15.5 Å². The van der Waals surface area contributed by atoms with E-state index in [1.807, 2.05) is 31.9 Å². The van der Waals surface area contributed by atoms with Crippen molar-refractivity contribution >= 4 is 47.6 Å². The number of thioether (sulfide) groups is 1. The average molecular weight is 510 g/mol. The Morgan fingerprint density at radius 2 is 1.89 bits per heavy atom. The van der Waals surface area contributed by atoms with E-state index in [4.69, 9.17) is 0 Å². The van der Waals surface area contributed by atoms with E-state index in [1.165, 1.54) is 6.07 Å². The minimum absolute atomic E-state index is 0. The zero-order valence-corrected chi connectivity index (χ0v) is 19.8. The molecule has 0 saturated heterocycles. The third-order valence-corrected chi connectivity index (χ3v) is 4.57. The molecule has 1 rings (SSSR count). The summed E-state index contributed by atoms with van der Waals surface area (Å²) >= 11 is 1.66. The monoisotopic (exact) mass is 510 g/mol. The molecule has 0 aliphatic heterocycles. The summed E-state index contributed by atoms with van der Waals surface area (Å²) in [4.78, 5) is 18.5. The molecule has 0 saturated carbocycles. The number of nitrogens with one attached hydrogen (secondary N) is 2. The predicted molar refractivity (Wildman–Crippen MR) is 124 cm³/mol. The maximum absolute atomic E-state index is 13.5. The number of guanidine groups is 1. The molecule has 2 N–H and O–H groups in total. The second kappa shape index (κ2) is 15.0. The van der Waals surface area contributed by atoms with Crippen molar-refractivity contribution in [1.29, 1.82) is 0 Å². The Morgan fingerprint density at radius 3 is 2.48 bits per heavy atom. The SMILES string of the molecule is CCNC(=NCc1ccc(F)cc1CSC)NCCC(=O)N(CC)CC.I. The van der Waals surface area contributed by atoms with E-state index in [1.54, 1.807) is 23.9 Å². The lowest BCUT2D eigenvalue weighted by Crippen LogP contribution is -2.40. The van der Waals surface area contributed by atoms with E-state index in [0.29, 0.717) is 25.5 Å². The summed E-state index contributed by atoms with van der Waals surface area (Å²) < 4.78 is 13.5. The molecular formula is C19H32FIN4OS. The molecule has 0 aliphatic rings. The second-order valence-electron chi connectivity index (χ2n) is 5.78. The van der Waals surface area contributed by atoms with Gasteiger partial charge in [0.1, 0.15) is 5.82 Å². The number of carbonyl (C=O) groups excluding carboxylic acids is 1. The Morgan fingerprint density at radius 1 is 1.19 bits per heavy atom. The van der Waals surface area contributed by atoms with Crippen molar-refractivity contribution < 1.29 is 9.18 Å². The van der Waals surface area contributed by atoms with Crippen LogP contribution in [0.1, 0.15) is 38.3 Å². The first kappa shape index (κ1) is 26.0. The zero-order chi connectivity index (χ0) is 19.4. The molecule has 0 fully saturated rings. The standard InChI is InChI=1S/C19H31FN4OS.HI/c1-5-21-19(22-11-10-18(25)24(6-2)7-3)23-13-15-8-9-17(20)12-16(15)14-26-4;/h8-9,12H,5-7,10-11,13-14H2,1-4H3,(H2,21,22,23);1H. The Kier molecular flexibility index (Phi) is 14.4. The van der Waals surface area contributed by atoms with Crippen molar-refractivity contribution in [2.24, 2.45) is 4.99 Å². The summed E-state index contributed by atoms with van der Waals surface area (Å²) in [6.45, 7) is 9.15. The van der Waals surface area contributed by atoms with Gasteiger partial charge in [-0.2, -0.15) is 11.8 Å². The van der Waals surface area contributed by atoms with Gasteiger partial charge >= 0.3 is 0 Å². The Hall–Kier alpha value is -1.03. The fourth-order valence-corrected chi connectivity index (χ4v) is 3.15. The van der Waals surface area contributed by atoms with Crippen LogP contribution in [0.5, 0.6) is 0 Å². The summed E-state index contributed by atoms with van der Waals surface area (Å²) in [5, 5.41) is 6.38. The van der Waals surface area contributed by atoms with Crippen LogP contribution < -0.4 is 10.6 Å². The predicted octanol–water partition coefficient (Wildman–Crippen LogP) is 3.62. The van der Waals surface area contributed by atoms with Crippen molar-refractivity contribution in [2.45, 2.75) is 39.5 Å².